The first kappa shape index (κ1) is 23.9. The lowest BCUT2D eigenvalue weighted by molar-refractivity contribution is -0.137. The first-order valence-electron chi connectivity index (χ1n) is 10.8. The summed E-state index contributed by atoms with van der Waals surface area (Å²) in [5, 5.41) is 9.58. The van der Waals surface area contributed by atoms with Gasteiger partial charge in [0.25, 0.3) is 5.56 Å². The van der Waals surface area contributed by atoms with Gasteiger partial charge in [0, 0.05) is 25.8 Å². The molecule has 1 aromatic carbocycles. The molecule has 2 aromatic rings. The number of benzene rings is 1. The molecule has 0 saturated carbocycles. The van der Waals surface area contributed by atoms with Crippen LogP contribution in [0.2, 0.25) is 0 Å². The van der Waals surface area contributed by atoms with Crippen LogP contribution in [0.15, 0.2) is 41.3 Å². The largest absolute Gasteiger partial charge is 0.416 e. The van der Waals surface area contributed by atoms with Gasteiger partial charge in [-0.3, -0.25) is 4.79 Å². The maximum absolute atomic E-state index is 12.9. The van der Waals surface area contributed by atoms with Gasteiger partial charge in [0.1, 0.15) is 11.6 Å². The van der Waals surface area contributed by atoms with Crippen molar-refractivity contribution in [2.24, 2.45) is 5.92 Å². The predicted molar refractivity (Wildman–Crippen MR) is 116 cm³/mol. The van der Waals surface area contributed by atoms with Gasteiger partial charge in [-0.05, 0) is 48.9 Å². The Labute approximate surface area is 186 Å². The number of aryl methyl sites for hydroxylation is 1. The molecule has 0 atom stereocenters. The Morgan fingerprint density at radius 2 is 1.94 bits per heavy atom. The van der Waals surface area contributed by atoms with Gasteiger partial charge < -0.3 is 14.2 Å². The first-order valence-corrected chi connectivity index (χ1v) is 10.8. The fraction of sp³-hybridized carbons (Fsp3) is 0.500. The molecule has 0 spiro atoms. The second kappa shape index (κ2) is 10.2. The summed E-state index contributed by atoms with van der Waals surface area (Å²) in [6.45, 7) is 6.09. The molecule has 1 saturated heterocycles. The molecule has 0 radical (unpaired) electrons. The van der Waals surface area contributed by atoms with E-state index in [2.05, 4.69) is 19.9 Å². The molecule has 8 heteroatoms. The van der Waals surface area contributed by atoms with Crippen LogP contribution in [0.25, 0.3) is 0 Å². The average Bonchev–Trinajstić information content (AvgIpc) is 2.76. The minimum absolute atomic E-state index is 0.0854. The number of hydrogen-bond acceptors (Lipinski definition) is 4. The van der Waals surface area contributed by atoms with Crippen LogP contribution in [0, 0.1) is 17.2 Å². The molecule has 2 heterocycles. The molecule has 172 valence electrons. The zero-order valence-electron chi connectivity index (χ0n) is 18.4. The van der Waals surface area contributed by atoms with Crippen LogP contribution >= 0.6 is 0 Å². The minimum Gasteiger partial charge on any atom is -0.373 e. The fourth-order valence-corrected chi connectivity index (χ4v) is 3.82. The monoisotopic (exact) mass is 447 g/mol. The van der Waals surface area contributed by atoms with Crippen molar-refractivity contribution in [3.63, 3.8) is 0 Å². The van der Waals surface area contributed by atoms with Crippen LogP contribution in [0.3, 0.4) is 0 Å². The molecule has 5 nitrogen and oxygen atoms in total. The zero-order chi connectivity index (χ0) is 23.3. The molecule has 3 rings (SSSR count). The van der Waals surface area contributed by atoms with Gasteiger partial charge >= 0.3 is 6.18 Å². The second-order valence-electron chi connectivity index (χ2n) is 8.56. The lowest BCUT2D eigenvalue weighted by Crippen LogP contribution is -2.38. The molecule has 0 N–H and O–H groups in total. The van der Waals surface area contributed by atoms with Crippen molar-refractivity contribution in [1.82, 2.24) is 4.57 Å². The highest BCUT2D eigenvalue weighted by Gasteiger charge is 2.30. The van der Waals surface area contributed by atoms with Crippen molar-refractivity contribution >= 4 is 5.69 Å². The highest BCUT2D eigenvalue weighted by atomic mass is 19.4. The number of halogens is 3. The number of pyridine rings is 1. The number of aromatic nitrogens is 1. The van der Waals surface area contributed by atoms with E-state index in [4.69, 9.17) is 4.74 Å². The molecule has 0 amide bonds. The lowest BCUT2D eigenvalue weighted by Gasteiger charge is -2.34. The molecular formula is C24H28F3N3O2. The zero-order valence-corrected chi connectivity index (χ0v) is 18.4. The Morgan fingerprint density at radius 1 is 1.22 bits per heavy atom. The van der Waals surface area contributed by atoms with Crippen molar-refractivity contribution in [3.8, 4) is 6.07 Å². The summed E-state index contributed by atoms with van der Waals surface area (Å²) in [5.74, 6) is 0.460. The molecule has 1 aliphatic heterocycles. The Morgan fingerprint density at radius 3 is 2.56 bits per heavy atom. The highest BCUT2D eigenvalue weighted by molar-refractivity contribution is 5.58. The molecular weight excluding hydrogens is 419 g/mol. The summed E-state index contributed by atoms with van der Waals surface area (Å²) in [5.41, 5.74) is 0.322. The number of piperidine rings is 1. The van der Waals surface area contributed by atoms with Crippen molar-refractivity contribution in [2.75, 3.05) is 18.0 Å². The SMILES string of the molecule is CC(C)CCn1ccc(N2CCC(OCc3cccc(C(F)(F)F)c3)CC2)c(C#N)c1=O. The Bertz CT molecular complexity index is 1020. The fourth-order valence-electron chi connectivity index (χ4n) is 3.82. The van der Waals surface area contributed by atoms with E-state index in [1.807, 2.05) is 11.0 Å². The van der Waals surface area contributed by atoms with Crippen LogP contribution in [0.4, 0.5) is 18.9 Å². The summed E-state index contributed by atoms with van der Waals surface area (Å²) < 4.78 is 46.0. The van der Waals surface area contributed by atoms with E-state index in [1.165, 1.54) is 6.07 Å². The van der Waals surface area contributed by atoms with Crippen LogP contribution in [-0.4, -0.2) is 23.8 Å². The molecule has 0 aliphatic carbocycles. The minimum atomic E-state index is -4.37. The number of ether oxygens (including phenoxy) is 1. The second-order valence-corrected chi connectivity index (χ2v) is 8.56. The molecule has 0 unspecified atom stereocenters. The predicted octanol–water partition coefficient (Wildman–Crippen LogP) is 4.97. The molecule has 0 bridgehead atoms. The summed E-state index contributed by atoms with van der Waals surface area (Å²) >= 11 is 0. The highest BCUT2D eigenvalue weighted by Crippen LogP contribution is 2.30. The van der Waals surface area contributed by atoms with Crippen molar-refractivity contribution < 1.29 is 17.9 Å². The number of nitriles is 1. The van der Waals surface area contributed by atoms with E-state index < -0.39 is 11.7 Å². The number of nitrogens with zero attached hydrogens (tertiary/aromatic N) is 3. The van der Waals surface area contributed by atoms with E-state index in [0.29, 0.717) is 49.6 Å². The molecule has 1 aromatic heterocycles. The van der Waals surface area contributed by atoms with Crippen molar-refractivity contribution in [2.45, 2.75) is 58.5 Å². The van der Waals surface area contributed by atoms with E-state index in [-0.39, 0.29) is 23.8 Å². The quantitative estimate of drug-likeness (QED) is 0.601. The maximum atomic E-state index is 12.9. The van der Waals surface area contributed by atoms with E-state index in [1.54, 1.807) is 16.8 Å². The smallest absolute Gasteiger partial charge is 0.373 e. The number of hydrogen-bond donors (Lipinski definition) is 0. The molecule has 1 aliphatic rings. The number of anilines is 1. The number of rotatable bonds is 7. The van der Waals surface area contributed by atoms with E-state index >= 15 is 0 Å². The lowest BCUT2D eigenvalue weighted by atomic mass is 10.1. The van der Waals surface area contributed by atoms with Crippen LogP contribution in [0.5, 0.6) is 0 Å². The third kappa shape index (κ3) is 5.92. The molecule has 32 heavy (non-hydrogen) atoms. The standard InChI is InChI=1S/C24H28F3N3O2/c1-17(2)6-10-30-13-9-22(21(15-28)23(30)31)29-11-7-20(8-12-29)32-16-18-4-3-5-19(14-18)24(25,26)27/h3-5,9,13-14,17,20H,6-8,10-12,16H2,1-2H3. The van der Waals surface area contributed by atoms with Crippen LogP contribution in [0.1, 0.15) is 49.8 Å². The Balaban J connectivity index is 1.59. The van der Waals surface area contributed by atoms with Gasteiger partial charge in [-0.2, -0.15) is 18.4 Å². The summed E-state index contributed by atoms with van der Waals surface area (Å²) in [6, 6.07) is 9.06. The third-order valence-corrected chi connectivity index (χ3v) is 5.73. The summed E-state index contributed by atoms with van der Waals surface area (Å²) in [4.78, 5) is 14.7. The maximum Gasteiger partial charge on any atom is 0.416 e. The summed E-state index contributed by atoms with van der Waals surface area (Å²) in [6.07, 6.45) is -0.517. The van der Waals surface area contributed by atoms with Gasteiger partial charge in [-0.1, -0.05) is 26.0 Å². The summed E-state index contributed by atoms with van der Waals surface area (Å²) in [7, 11) is 0. The van der Waals surface area contributed by atoms with Crippen LogP contribution in [-0.2, 0) is 24.1 Å². The van der Waals surface area contributed by atoms with Crippen molar-refractivity contribution in [3.05, 3.63) is 63.6 Å². The number of alkyl halides is 3. The van der Waals surface area contributed by atoms with Gasteiger partial charge in [-0.25, -0.2) is 0 Å². The third-order valence-electron chi connectivity index (χ3n) is 5.73. The normalized spacial score (nSPS) is 15.2. The van der Waals surface area contributed by atoms with Gasteiger partial charge in [0.05, 0.1) is 24.0 Å². The van der Waals surface area contributed by atoms with Gasteiger partial charge in [-0.15, -0.1) is 0 Å². The van der Waals surface area contributed by atoms with Gasteiger partial charge in [0.2, 0.25) is 0 Å². The Hall–Kier alpha value is -2.79. The van der Waals surface area contributed by atoms with Crippen LogP contribution < -0.4 is 10.5 Å². The van der Waals surface area contributed by atoms with E-state index in [0.717, 1.165) is 18.6 Å². The van der Waals surface area contributed by atoms with E-state index in [9.17, 15) is 23.2 Å². The average molecular weight is 448 g/mol. The first-order chi connectivity index (χ1) is 15.2. The molecule has 1 fully saturated rings. The van der Waals surface area contributed by atoms with Crippen molar-refractivity contribution in [1.29, 1.82) is 5.26 Å². The Kier molecular flexibility index (Phi) is 7.62. The topological polar surface area (TPSA) is 58.3 Å². The van der Waals surface area contributed by atoms with Gasteiger partial charge in [0.15, 0.2) is 0 Å².